The van der Waals surface area contributed by atoms with Crippen molar-refractivity contribution in [2.45, 2.75) is 26.4 Å². The third-order valence-electron chi connectivity index (χ3n) is 2.63. The lowest BCUT2D eigenvalue weighted by Gasteiger charge is -2.07. The topological polar surface area (TPSA) is 75.6 Å². The molecule has 0 atom stereocenters. The molecule has 0 saturated carbocycles. The van der Waals surface area contributed by atoms with Crippen molar-refractivity contribution in [3.8, 4) is 11.5 Å². The minimum atomic E-state index is -0.116. The molecule has 2 aromatic heterocycles. The van der Waals surface area contributed by atoms with Crippen molar-refractivity contribution in [3.63, 3.8) is 0 Å². The van der Waals surface area contributed by atoms with Gasteiger partial charge in [-0.2, -0.15) is 0 Å². The van der Waals surface area contributed by atoms with Gasteiger partial charge < -0.3 is 14.9 Å². The zero-order valence-corrected chi connectivity index (χ0v) is 10.8. The summed E-state index contributed by atoms with van der Waals surface area (Å²) < 4.78 is 1.81. The monoisotopic (exact) mass is 247 g/mol. The molecule has 0 aromatic carbocycles. The number of nitrogens with zero attached hydrogens (tertiary/aromatic N) is 3. The Kier molecular flexibility index (Phi) is 3.57. The summed E-state index contributed by atoms with van der Waals surface area (Å²) in [5.74, 6) is 0.535. The number of aromatic amines is 1. The largest absolute Gasteiger partial charge is 0.331 e. The molecule has 0 fully saturated rings. The predicted octanol–water partition coefficient (Wildman–Crippen LogP) is 0.668. The smallest absolute Gasteiger partial charge is 0.255 e. The van der Waals surface area contributed by atoms with Crippen LogP contribution < -0.4 is 10.9 Å². The fourth-order valence-electron chi connectivity index (χ4n) is 1.58. The normalized spacial score (nSPS) is 11.1. The Morgan fingerprint density at radius 3 is 2.78 bits per heavy atom. The number of rotatable bonds is 4. The maximum atomic E-state index is 11.9. The van der Waals surface area contributed by atoms with Crippen LogP contribution in [0.5, 0.6) is 0 Å². The number of aromatic nitrogens is 4. The van der Waals surface area contributed by atoms with Crippen molar-refractivity contribution in [3.05, 3.63) is 34.6 Å². The Morgan fingerprint density at radius 1 is 1.44 bits per heavy atom. The van der Waals surface area contributed by atoms with E-state index in [4.69, 9.17) is 0 Å². The highest BCUT2D eigenvalue weighted by Crippen LogP contribution is 2.10. The average Bonchev–Trinajstić information content (AvgIpc) is 2.73. The fourth-order valence-corrected chi connectivity index (χ4v) is 1.58. The highest BCUT2D eigenvalue weighted by atomic mass is 16.1. The number of hydrogen-bond acceptors (Lipinski definition) is 4. The van der Waals surface area contributed by atoms with Gasteiger partial charge in [-0.3, -0.25) is 4.79 Å². The molecule has 6 nitrogen and oxygen atoms in total. The minimum absolute atomic E-state index is 0.116. The van der Waals surface area contributed by atoms with E-state index in [0.717, 1.165) is 5.69 Å². The van der Waals surface area contributed by atoms with Gasteiger partial charge in [0.25, 0.3) is 5.56 Å². The van der Waals surface area contributed by atoms with Gasteiger partial charge in [0.2, 0.25) is 0 Å². The van der Waals surface area contributed by atoms with Gasteiger partial charge in [0.05, 0.1) is 12.5 Å². The molecule has 0 aliphatic heterocycles. The summed E-state index contributed by atoms with van der Waals surface area (Å²) in [5, 5.41) is 3.19. The molecule has 0 amide bonds. The van der Waals surface area contributed by atoms with Crippen LogP contribution in [-0.2, 0) is 13.6 Å². The first kappa shape index (κ1) is 12.5. The Morgan fingerprint density at radius 2 is 2.22 bits per heavy atom. The first-order valence-corrected chi connectivity index (χ1v) is 5.86. The lowest BCUT2D eigenvalue weighted by molar-refractivity contribution is 0.584. The van der Waals surface area contributed by atoms with Gasteiger partial charge in [0, 0.05) is 31.4 Å². The van der Waals surface area contributed by atoms with Crippen LogP contribution in [0.25, 0.3) is 11.5 Å². The zero-order chi connectivity index (χ0) is 13.1. The summed E-state index contributed by atoms with van der Waals surface area (Å²) in [4.78, 5) is 22.9. The number of aryl methyl sites for hydroxylation is 1. The summed E-state index contributed by atoms with van der Waals surface area (Å²) in [7, 11) is 1.86. The summed E-state index contributed by atoms with van der Waals surface area (Å²) in [5.41, 5.74) is 1.31. The van der Waals surface area contributed by atoms with Crippen LogP contribution in [0.3, 0.4) is 0 Å². The predicted molar refractivity (Wildman–Crippen MR) is 69.0 cm³/mol. The maximum Gasteiger partial charge on any atom is 0.255 e. The van der Waals surface area contributed by atoms with Crippen molar-refractivity contribution in [1.82, 2.24) is 24.8 Å². The van der Waals surface area contributed by atoms with Gasteiger partial charge in [0.15, 0.2) is 5.82 Å². The SMILES string of the molecule is CC(C)NCc1cnc(-c2cncn2C)[nH]c1=O. The van der Waals surface area contributed by atoms with E-state index in [9.17, 15) is 4.79 Å². The highest BCUT2D eigenvalue weighted by molar-refractivity contribution is 5.47. The summed E-state index contributed by atoms with van der Waals surface area (Å²) in [6.07, 6.45) is 4.95. The van der Waals surface area contributed by atoms with E-state index in [1.54, 1.807) is 18.7 Å². The molecular weight excluding hydrogens is 230 g/mol. The molecule has 18 heavy (non-hydrogen) atoms. The van der Waals surface area contributed by atoms with Crippen molar-refractivity contribution < 1.29 is 0 Å². The van der Waals surface area contributed by atoms with E-state index in [-0.39, 0.29) is 5.56 Å². The zero-order valence-electron chi connectivity index (χ0n) is 10.8. The first-order chi connectivity index (χ1) is 8.58. The molecule has 2 N–H and O–H groups in total. The first-order valence-electron chi connectivity index (χ1n) is 5.86. The lowest BCUT2D eigenvalue weighted by atomic mass is 10.3. The van der Waals surface area contributed by atoms with Gasteiger partial charge in [-0.1, -0.05) is 13.8 Å². The molecule has 96 valence electrons. The molecule has 0 bridgehead atoms. The third-order valence-corrected chi connectivity index (χ3v) is 2.63. The second-order valence-electron chi connectivity index (χ2n) is 4.51. The van der Waals surface area contributed by atoms with Crippen molar-refractivity contribution >= 4 is 0 Å². The van der Waals surface area contributed by atoms with Gasteiger partial charge >= 0.3 is 0 Å². The van der Waals surface area contributed by atoms with Crippen LogP contribution in [0.15, 0.2) is 23.5 Å². The fraction of sp³-hybridized carbons (Fsp3) is 0.417. The number of imidazole rings is 1. The quantitative estimate of drug-likeness (QED) is 0.832. The Labute approximate surface area is 105 Å². The second-order valence-corrected chi connectivity index (χ2v) is 4.51. The molecule has 6 heteroatoms. The second kappa shape index (κ2) is 5.14. The van der Waals surface area contributed by atoms with Crippen molar-refractivity contribution in [2.24, 2.45) is 7.05 Å². The van der Waals surface area contributed by atoms with Gasteiger partial charge in [-0.15, -0.1) is 0 Å². The molecule has 2 rings (SSSR count). The molecule has 2 aromatic rings. The summed E-state index contributed by atoms with van der Waals surface area (Å²) in [6, 6.07) is 0.334. The third kappa shape index (κ3) is 2.65. The van der Waals surface area contributed by atoms with Gasteiger partial charge in [-0.05, 0) is 0 Å². The van der Waals surface area contributed by atoms with E-state index in [2.05, 4.69) is 20.3 Å². The number of H-pyrrole nitrogens is 1. The summed E-state index contributed by atoms with van der Waals surface area (Å²) in [6.45, 7) is 4.59. The van der Waals surface area contributed by atoms with E-state index in [1.807, 2.05) is 25.5 Å². The van der Waals surface area contributed by atoms with Crippen molar-refractivity contribution in [2.75, 3.05) is 0 Å². The van der Waals surface area contributed by atoms with Crippen LogP contribution in [-0.4, -0.2) is 25.6 Å². The lowest BCUT2D eigenvalue weighted by Crippen LogP contribution is -2.26. The molecule has 0 unspecified atom stereocenters. The Bertz CT molecular complexity index is 584. The maximum absolute atomic E-state index is 11.9. The van der Waals surface area contributed by atoms with Crippen LogP contribution in [0.4, 0.5) is 0 Å². The van der Waals surface area contributed by atoms with Crippen LogP contribution in [0.1, 0.15) is 19.4 Å². The average molecular weight is 247 g/mol. The van der Waals surface area contributed by atoms with Gasteiger partial charge in [-0.25, -0.2) is 9.97 Å². The minimum Gasteiger partial charge on any atom is -0.331 e. The van der Waals surface area contributed by atoms with Crippen LogP contribution >= 0.6 is 0 Å². The number of hydrogen-bond donors (Lipinski definition) is 2. The van der Waals surface area contributed by atoms with E-state index in [0.29, 0.717) is 24.0 Å². The van der Waals surface area contributed by atoms with Crippen molar-refractivity contribution in [1.29, 1.82) is 0 Å². The van der Waals surface area contributed by atoms with E-state index < -0.39 is 0 Å². The Hall–Kier alpha value is -1.95. The van der Waals surface area contributed by atoms with E-state index >= 15 is 0 Å². The molecule has 0 radical (unpaired) electrons. The standard InChI is InChI=1S/C12H17N5O/c1-8(2)14-4-9-5-15-11(16-12(9)18)10-6-13-7-17(10)3/h5-8,14H,4H2,1-3H3,(H,15,16,18). The summed E-state index contributed by atoms with van der Waals surface area (Å²) >= 11 is 0. The molecule has 0 aliphatic rings. The van der Waals surface area contributed by atoms with Crippen LogP contribution in [0.2, 0.25) is 0 Å². The van der Waals surface area contributed by atoms with E-state index in [1.165, 1.54) is 0 Å². The molecule has 0 aliphatic carbocycles. The number of nitrogens with one attached hydrogen (secondary N) is 2. The van der Waals surface area contributed by atoms with Crippen LogP contribution in [0, 0.1) is 0 Å². The molecule has 2 heterocycles. The highest BCUT2D eigenvalue weighted by Gasteiger charge is 2.07. The molecule has 0 spiro atoms. The molecule has 0 saturated heterocycles. The Balaban J connectivity index is 2.25. The molecular formula is C12H17N5O. The van der Waals surface area contributed by atoms with Gasteiger partial charge in [0.1, 0.15) is 5.69 Å².